The van der Waals surface area contributed by atoms with E-state index in [4.69, 9.17) is 0 Å². The quantitative estimate of drug-likeness (QED) is 0.814. The fourth-order valence-corrected chi connectivity index (χ4v) is 2.57. The molecule has 2 N–H and O–H groups in total. The van der Waals surface area contributed by atoms with Gasteiger partial charge in [0.2, 0.25) is 0 Å². The van der Waals surface area contributed by atoms with Gasteiger partial charge in [-0.25, -0.2) is 5.01 Å². The van der Waals surface area contributed by atoms with Crippen molar-refractivity contribution in [3.8, 4) is 0 Å². The van der Waals surface area contributed by atoms with Crippen molar-refractivity contribution < 1.29 is 9.59 Å². The van der Waals surface area contributed by atoms with Crippen LogP contribution in [0.5, 0.6) is 0 Å². The largest absolute Gasteiger partial charge is 0.323 e. The summed E-state index contributed by atoms with van der Waals surface area (Å²) in [5.41, 5.74) is 3.27. The van der Waals surface area contributed by atoms with Gasteiger partial charge in [0.1, 0.15) is 0 Å². The van der Waals surface area contributed by atoms with Crippen molar-refractivity contribution in [3.05, 3.63) is 42.5 Å². The molecular formula is C17H20N4O2. The van der Waals surface area contributed by atoms with Gasteiger partial charge in [0.25, 0.3) is 0 Å². The van der Waals surface area contributed by atoms with Crippen molar-refractivity contribution >= 4 is 28.3 Å². The summed E-state index contributed by atoms with van der Waals surface area (Å²) < 4.78 is 0. The summed E-state index contributed by atoms with van der Waals surface area (Å²) in [6.45, 7) is 3.16. The van der Waals surface area contributed by atoms with Crippen LogP contribution in [0.3, 0.4) is 0 Å². The topological polar surface area (TPSA) is 64.7 Å². The van der Waals surface area contributed by atoms with Crippen LogP contribution in [0, 0.1) is 0 Å². The van der Waals surface area contributed by atoms with E-state index in [0.717, 1.165) is 23.9 Å². The molecule has 1 fully saturated rings. The zero-order valence-corrected chi connectivity index (χ0v) is 13.1. The molecule has 120 valence electrons. The number of amides is 2. The standard InChI is InChI=1S/C17H20N4O2/c1-20-8-10-21(11-9-20)19-17(23)16(22)18-15-7-6-13-4-2-3-5-14(13)12-15/h2-7,12H,8-11H2,1H3,(H,18,22)(H,19,23). The summed E-state index contributed by atoms with van der Waals surface area (Å²) in [5, 5.41) is 6.53. The number of fused-ring (bicyclic) bond motifs is 1. The summed E-state index contributed by atoms with van der Waals surface area (Å²) in [5.74, 6) is -1.29. The number of benzene rings is 2. The third-order valence-corrected chi connectivity index (χ3v) is 3.98. The fraction of sp³-hybridized carbons (Fsp3) is 0.294. The summed E-state index contributed by atoms with van der Waals surface area (Å²) in [4.78, 5) is 26.2. The second-order valence-electron chi connectivity index (χ2n) is 5.75. The number of hydrogen-bond donors (Lipinski definition) is 2. The smallest absolute Gasteiger partial charge is 0.318 e. The average Bonchev–Trinajstić information content (AvgIpc) is 2.56. The number of carbonyl (C=O) groups is 2. The molecule has 0 radical (unpaired) electrons. The molecule has 23 heavy (non-hydrogen) atoms. The number of nitrogens with zero attached hydrogens (tertiary/aromatic N) is 2. The second-order valence-corrected chi connectivity index (χ2v) is 5.75. The molecule has 1 aliphatic heterocycles. The van der Waals surface area contributed by atoms with E-state index in [-0.39, 0.29) is 0 Å². The Hall–Kier alpha value is -2.44. The van der Waals surface area contributed by atoms with Crippen LogP contribution < -0.4 is 10.7 Å². The summed E-state index contributed by atoms with van der Waals surface area (Å²) in [6.07, 6.45) is 0. The first-order valence-electron chi connectivity index (χ1n) is 7.66. The van der Waals surface area contributed by atoms with Gasteiger partial charge in [-0.1, -0.05) is 30.3 Å². The zero-order valence-electron chi connectivity index (χ0n) is 13.1. The van der Waals surface area contributed by atoms with Crippen LogP contribution in [-0.2, 0) is 9.59 Å². The van der Waals surface area contributed by atoms with Crippen LogP contribution in [0.2, 0.25) is 0 Å². The molecule has 1 aliphatic rings. The highest BCUT2D eigenvalue weighted by Crippen LogP contribution is 2.18. The first kappa shape index (κ1) is 15.5. The van der Waals surface area contributed by atoms with Gasteiger partial charge < -0.3 is 10.2 Å². The summed E-state index contributed by atoms with van der Waals surface area (Å²) >= 11 is 0. The molecule has 0 bridgehead atoms. The van der Waals surface area contributed by atoms with Gasteiger partial charge in [-0.15, -0.1) is 0 Å². The second kappa shape index (κ2) is 6.76. The van der Waals surface area contributed by atoms with Crippen molar-refractivity contribution in [1.29, 1.82) is 0 Å². The van der Waals surface area contributed by atoms with Gasteiger partial charge in [0.05, 0.1) is 0 Å². The Kier molecular flexibility index (Phi) is 4.55. The molecule has 0 aliphatic carbocycles. The lowest BCUT2D eigenvalue weighted by Gasteiger charge is -2.32. The van der Waals surface area contributed by atoms with E-state index in [1.54, 1.807) is 11.1 Å². The van der Waals surface area contributed by atoms with Gasteiger partial charge in [0, 0.05) is 31.9 Å². The van der Waals surface area contributed by atoms with Crippen LogP contribution >= 0.6 is 0 Å². The van der Waals surface area contributed by atoms with Crippen molar-refractivity contribution in [2.24, 2.45) is 0 Å². The molecule has 2 amide bonds. The normalized spacial score (nSPS) is 16.2. The van der Waals surface area contributed by atoms with Gasteiger partial charge >= 0.3 is 11.8 Å². The third-order valence-electron chi connectivity index (χ3n) is 3.98. The number of rotatable bonds is 2. The Morgan fingerprint density at radius 3 is 2.35 bits per heavy atom. The Bertz CT molecular complexity index is 723. The first-order valence-corrected chi connectivity index (χ1v) is 7.66. The molecule has 0 unspecified atom stereocenters. The van der Waals surface area contributed by atoms with E-state index in [2.05, 4.69) is 15.6 Å². The Balaban J connectivity index is 1.60. The van der Waals surface area contributed by atoms with E-state index in [1.165, 1.54) is 0 Å². The number of piperazine rings is 1. The minimum Gasteiger partial charge on any atom is -0.318 e. The van der Waals surface area contributed by atoms with E-state index in [0.29, 0.717) is 18.8 Å². The number of nitrogens with one attached hydrogen (secondary N) is 2. The van der Waals surface area contributed by atoms with Crippen molar-refractivity contribution in [1.82, 2.24) is 15.3 Å². The monoisotopic (exact) mass is 312 g/mol. The molecule has 2 aromatic carbocycles. The summed E-state index contributed by atoms with van der Waals surface area (Å²) in [6, 6.07) is 13.4. The molecule has 0 aromatic heterocycles. The SMILES string of the molecule is CN1CCN(NC(=O)C(=O)Nc2ccc3ccccc3c2)CC1. The Morgan fingerprint density at radius 1 is 0.913 bits per heavy atom. The fourth-order valence-electron chi connectivity index (χ4n) is 2.57. The first-order chi connectivity index (χ1) is 11.1. The van der Waals surface area contributed by atoms with Gasteiger partial charge in [0.15, 0.2) is 0 Å². The highest BCUT2D eigenvalue weighted by molar-refractivity contribution is 6.39. The number of hydrazine groups is 1. The molecule has 1 heterocycles. The van der Waals surface area contributed by atoms with Crippen LogP contribution in [0.1, 0.15) is 0 Å². The summed E-state index contributed by atoms with van der Waals surface area (Å²) in [7, 11) is 2.03. The maximum atomic E-state index is 12.0. The van der Waals surface area contributed by atoms with E-state index >= 15 is 0 Å². The van der Waals surface area contributed by atoms with Gasteiger partial charge in [-0.3, -0.25) is 15.0 Å². The minimum absolute atomic E-state index is 0.613. The number of hydrogen-bond acceptors (Lipinski definition) is 4. The molecule has 2 aromatic rings. The van der Waals surface area contributed by atoms with Gasteiger partial charge in [-0.2, -0.15) is 0 Å². The molecule has 1 saturated heterocycles. The maximum Gasteiger partial charge on any atom is 0.323 e. The van der Waals surface area contributed by atoms with Crippen LogP contribution in [0.15, 0.2) is 42.5 Å². The highest BCUT2D eigenvalue weighted by atomic mass is 16.2. The van der Waals surface area contributed by atoms with Crippen LogP contribution in [0.25, 0.3) is 10.8 Å². The molecule has 0 spiro atoms. The van der Waals surface area contributed by atoms with Crippen LogP contribution in [-0.4, -0.2) is 54.9 Å². The maximum absolute atomic E-state index is 12.0. The van der Waals surface area contributed by atoms with Crippen molar-refractivity contribution in [3.63, 3.8) is 0 Å². The van der Waals surface area contributed by atoms with Crippen molar-refractivity contribution in [2.75, 3.05) is 38.5 Å². The predicted octanol–water partition coefficient (Wildman–Crippen LogP) is 1.06. The van der Waals surface area contributed by atoms with E-state index in [9.17, 15) is 9.59 Å². The number of likely N-dealkylation sites (N-methyl/N-ethyl adjacent to an activating group) is 1. The lowest BCUT2D eigenvalue weighted by Crippen LogP contribution is -2.54. The molecule has 0 atom stereocenters. The molecule has 3 rings (SSSR count). The van der Waals surface area contributed by atoms with Crippen LogP contribution in [0.4, 0.5) is 5.69 Å². The van der Waals surface area contributed by atoms with Crippen molar-refractivity contribution in [2.45, 2.75) is 0 Å². The highest BCUT2D eigenvalue weighted by Gasteiger charge is 2.20. The molecule has 6 nitrogen and oxygen atoms in total. The van der Waals surface area contributed by atoms with E-state index in [1.807, 2.05) is 43.4 Å². The molecule has 0 saturated carbocycles. The number of anilines is 1. The van der Waals surface area contributed by atoms with E-state index < -0.39 is 11.8 Å². The molecular weight excluding hydrogens is 292 g/mol. The number of carbonyl (C=O) groups excluding carboxylic acids is 2. The lowest BCUT2D eigenvalue weighted by molar-refractivity contribution is -0.139. The predicted molar refractivity (Wildman–Crippen MR) is 89.8 cm³/mol. The average molecular weight is 312 g/mol. The van der Waals surface area contributed by atoms with Gasteiger partial charge in [-0.05, 0) is 30.0 Å². The third kappa shape index (κ3) is 3.85. The molecule has 6 heteroatoms. The Labute approximate surface area is 135 Å². The lowest BCUT2D eigenvalue weighted by atomic mass is 10.1. The minimum atomic E-state index is -0.654. The zero-order chi connectivity index (χ0) is 16.2. The Morgan fingerprint density at radius 2 is 1.61 bits per heavy atom.